The van der Waals surface area contributed by atoms with E-state index in [1.165, 1.54) is 0 Å². The minimum absolute atomic E-state index is 0. The highest BCUT2D eigenvalue weighted by molar-refractivity contribution is 5.75. The van der Waals surface area contributed by atoms with Gasteiger partial charge < -0.3 is 4.79 Å². The Hall–Kier alpha value is -0.330. The van der Waals surface area contributed by atoms with Crippen LogP contribution in [0.3, 0.4) is 0 Å². The lowest BCUT2D eigenvalue weighted by Crippen LogP contribution is -1.95. The molecule has 0 aliphatic carbocycles. The topological polar surface area (TPSA) is 17.1 Å². The Morgan fingerprint density at radius 1 is 1.71 bits per heavy atom. The first-order chi connectivity index (χ1) is 3.13. The van der Waals surface area contributed by atoms with Crippen molar-refractivity contribution in [3.8, 4) is 0 Å². The summed E-state index contributed by atoms with van der Waals surface area (Å²) in [6.07, 6.45) is 0.722. The maximum absolute atomic E-state index is 10.3. The number of rotatable bonds is 2. The summed E-state index contributed by atoms with van der Waals surface area (Å²) in [5, 5.41) is 0. The third kappa shape index (κ3) is 5.67. The first-order valence-corrected chi connectivity index (χ1v) is 2.62. The zero-order valence-corrected chi connectivity index (χ0v) is 5.19. The number of carbonyl (C=O) groups is 1. The molecule has 0 aromatic heterocycles. The fourth-order valence-electron chi connectivity index (χ4n) is 0.575. The van der Waals surface area contributed by atoms with Crippen molar-refractivity contribution in [2.75, 3.05) is 0 Å². The van der Waals surface area contributed by atoms with E-state index in [9.17, 15) is 4.79 Å². The fraction of sp³-hybridized carbons (Fsp3) is 0.833. The first-order valence-electron chi connectivity index (χ1n) is 2.62. The van der Waals surface area contributed by atoms with Crippen LogP contribution >= 0.6 is 0 Å². The maximum atomic E-state index is 10.3. The zero-order valence-electron chi connectivity index (χ0n) is 6.19. The molecule has 0 saturated heterocycles. The smallest absolute Gasteiger partial charge is 0.300 e. The highest BCUT2D eigenvalue weighted by Crippen LogP contribution is 1.97. The van der Waals surface area contributed by atoms with Gasteiger partial charge in [0.05, 0.1) is 0 Å². The van der Waals surface area contributed by atoms with Gasteiger partial charge in [0.15, 0.2) is 0 Å². The molecule has 1 heteroatoms. The molecule has 0 atom stereocenters. The molecule has 7 heavy (non-hydrogen) atoms. The number of hydrogen-bond acceptors (Lipinski definition) is 1. The van der Waals surface area contributed by atoms with Gasteiger partial charge in [0.2, 0.25) is 0 Å². The van der Waals surface area contributed by atoms with Crippen molar-refractivity contribution in [1.82, 2.24) is 0 Å². The molecule has 0 amide bonds. The van der Waals surface area contributed by atoms with E-state index in [4.69, 9.17) is 0 Å². The largest absolute Gasteiger partial charge is 1.00 e. The number of ketones is 1. The van der Waals surface area contributed by atoms with E-state index < -0.39 is 0 Å². The van der Waals surface area contributed by atoms with Crippen LogP contribution in [-0.4, -0.2) is 5.78 Å². The number of Topliss-reactive ketones (excluding diaryl/α,β-unsaturated/α-hetero) is 1. The molecule has 0 aromatic rings. The van der Waals surface area contributed by atoms with E-state index in [0.29, 0.717) is 5.92 Å². The van der Waals surface area contributed by atoms with Crippen LogP contribution in [0, 0.1) is 5.92 Å². The van der Waals surface area contributed by atoms with Gasteiger partial charge in [-0.1, -0.05) is 13.8 Å². The van der Waals surface area contributed by atoms with Crippen LogP contribution in [0.4, 0.5) is 0 Å². The molecule has 0 rings (SSSR count). The summed E-state index contributed by atoms with van der Waals surface area (Å²) in [5.41, 5.74) is 0. The van der Waals surface area contributed by atoms with Gasteiger partial charge in [0.25, 0.3) is 0 Å². The van der Waals surface area contributed by atoms with Crippen LogP contribution in [0.5, 0.6) is 0 Å². The molecule has 0 saturated carbocycles. The number of carbonyl (C=O) groups excluding carboxylic acids is 1. The molecule has 0 aliphatic rings. The van der Waals surface area contributed by atoms with Crippen LogP contribution in [0.15, 0.2) is 0 Å². The predicted molar refractivity (Wildman–Crippen MR) is 31.2 cm³/mol. The third-order valence-corrected chi connectivity index (χ3v) is 0.696. The van der Waals surface area contributed by atoms with Crippen LogP contribution in [-0.2, 0) is 4.79 Å². The van der Waals surface area contributed by atoms with E-state index in [2.05, 4.69) is 0 Å². The Labute approximate surface area is 46.2 Å². The van der Waals surface area contributed by atoms with Crippen LogP contribution in [0.25, 0.3) is 0 Å². The van der Waals surface area contributed by atoms with Gasteiger partial charge in [-0.25, -0.2) is 0 Å². The van der Waals surface area contributed by atoms with Gasteiger partial charge in [0, 0.05) is 6.42 Å². The standard InChI is InChI=1S/C6H12O/c1-5(2)4-6(3)7/h5H,4H2,1-3H3/p+1. The van der Waals surface area contributed by atoms with E-state index in [0.717, 1.165) is 6.42 Å². The minimum atomic E-state index is 0. The van der Waals surface area contributed by atoms with Crippen molar-refractivity contribution in [3.05, 3.63) is 0 Å². The lowest BCUT2D eigenvalue weighted by atomic mass is 10.1. The highest BCUT2D eigenvalue weighted by atomic mass is 16.1. The van der Waals surface area contributed by atoms with E-state index in [-0.39, 0.29) is 7.21 Å². The van der Waals surface area contributed by atoms with Crippen molar-refractivity contribution in [3.63, 3.8) is 0 Å². The van der Waals surface area contributed by atoms with Crippen molar-refractivity contribution in [2.45, 2.75) is 27.2 Å². The molecule has 0 radical (unpaired) electrons. The molecule has 1 nitrogen and oxygen atoms in total. The molecular weight excluding hydrogens is 88.1 g/mol. The molecule has 42 valence electrons. The molecule has 0 heterocycles. The van der Waals surface area contributed by atoms with Gasteiger partial charge in [-0.2, -0.15) is 0 Å². The van der Waals surface area contributed by atoms with Crippen molar-refractivity contribution >= 4 is 5.78 Å². The van der Waals surface area contributed by atoms with Crippen molar-refractivity contribution in [1.29, 1.82) is 0 Å². The van der Waals surface area contributed by atoms with Gasteiger partial charge >= 0.3 is 1.43 Å². The third-order valence-electron chi connectivity index (χ3n) is 0.696. The summed E-state index contributed by atoms with van der Waals surface area (Å²) < 4.78 is 0. The maximum Gasteiger partial charge on any atom is 1.00 e. The second-order valence-corrected chi connectivity index (χ2v) is 2.30. The van der Waals surface area contributed by atoms with Gasteiger partial charge in [-0.3, -0.25) is 0 Å². The molecule has 0 aromatic carbocycles. The Morgan fingerprint density at radius 3 is 2.14 bits per heavy atom. The lowest BCUT2D eigenvalue weighted by Gasteiger charge is -1.95. The Bertz CT molecular complexity index is 68.9. The molecule has 0 unspecified atom stereocenters. The van der Waals surface area contributed by atoms with Crippen molar-refractivity contribution in [2.24, 2.45) is 5.92 Å². The molecule has 0 N–H and O–H groups in total. The quantitative estimate of drug-likeness (QED) is 0.517. The Morgan fingerprint density at radius 2 is 2.14 bits per heavy atom. The van der Waals surface area contributed by atoms with Crippen LogP contribution in [0.2, 0.25) is 0 Å². The molecule has 0 bridgehead atoms. The Balaban J connectivity index is 0. The normalized spacial score (nSPS) is 9.71. The SMILES string of the molecule is CC(=O)CC(C)C.[H+]. The van der Waals surface area contributed by atoms with Gasteiger partial charge in [0.1, 0.15) is 5.78 Å². The van der Waals surface area contributed by atoms with Crippen LogP contribution in [0.1, 0.15) is 28.6 Å². The summed E-state index contributed by atoms with van der Waals surface area (Å²) in [5.74, 6) is 0.813. The highest BCUT2D eigenvalue weighted by Gasteiger charge is 1.95. The summed E-state index contributed by atoms with van der Waals surface area (Å²) >= 11 is 0. The van der Waals surface area contributed by atoms with Crippen molar-refractivity contribution < 1.29 is 6.22 Å². The molecule has 0 aliphatic heterocycles. The number of hydrogen-bond donors (Lipinski definition) is 0. The molecule has 0 fully saturated rings. The summed E-state index contributed by atoms with van der Waals surface area (Å²) in [6.45, 7) is 5.71. The predicted octanol–water partition coefficient (Wildman–Crippen LogP) is 1.73. The summed E-state index contributed by atoms with van der Waals surface area (Å²) in [7, 11) is 0. The van der Waals surface area contributed by atoms with Crippen LogP contribution < -0.4 is 0 Å². The zero-order chi connectivity index (χ0) is 5.86. The summed E-state index contributed by atoms with van der Waals surface area (Å²) in [4.78, 5) is 10.3. The van der Waals surface area contributed by atoms with E-state index in [1.807, 2.05) is 13.8 Å². The Kier molecular flexibility index (Phi) is 2.65. The van der Waals surface area contributed by atoms with Gasteiger partial charge in [-0.05, 0) is 12.8 Å². The molecule has 0 spiro atoms. The van der Waals surface area contributed by atoms with Gasteiger partial charge in [-0.15, -0.1) is 0 Å². The monoisotopic (exact) mass is 101 g/mol. The average molecular weight is 101 g/mol. The second-order valence-electron chi connectivity index (χ2n) is 2.30. The second kappa shape index (κ2) is 2.78. The van der Waals surface area contributed by atoms with E-state index in [1.54, 1.807) is 6.92 Å². The average Bonchev–Trinajstić information content (AvgIpc) is 1.27. The van der Waals surface area contributed by atoms with E-state index >= 15 is 0 Å². The first kappa shape index (κ1) is 6.67. The summed E-state index contributed by atoms with van der Waals surface area (Å²) in [6, 6.07) is 0. The minimum Gasteiger partial charge on any atom is -0.300 e. The molecular formula is C6H13O+. The fourth-order valence-corrected chi connectivity index (χ4v) is 0.575. The lowest BCUT2D eigenvalue weighted by molar-refractivity contribution is -0.117.